The van der Waals surface area contributed by atoms with Crippen molar-refractivity contribution in [2.45, 2.75) is 60.8 Å². The van der Waals surface area contributed by atoms with E-state index in [0.717, 1.165) is 11.3 Å². The molecule has 4 N–H and O–H groups in total. The van der Waals surface area contributed by atoms with Crippen LogP contribution in [0, 0.1) is 12.3 Å². The molecule has 7 nitrogen and oxygen atoms in total. The van der Waals surface area contributed by atoms with Crippen LogP contribution in [0.2, 0.25) is 0 Å². The molecule has 0 radical (unpaired) electrons. The Balaban J connectivity index is 0.000000260. The van der Waals surface area contributed by atoms with Gasteiger partial charge < -0.3 is 15.6 Å². The van der Waals surface area contributed by atoms with Gasteiger partial charge >= 0.3 is 11.7 Å². The fourth-order valence-electron chi connectivity index (χ4n) is 3.21. The maximum absolute atomic E-state index is 11.4. The van der Waals surface area contributed by atoms with Crippen LogP contribution in [0.15, 0.2) is 33.1 Å². The maximum atomic E-state index is 11.4. The van der Waals surface area contributed by atoms with Crippen molar-refractivity contribution in [1.29, 1.82) is 0 Å². The number of aryl methyl sites for hydroxylation is 1. The third kappa shape index (κ3) is 5.21. The zero-order valence-corrected chi connectivity index (χ0v) is 16.9. The highest BCUT2D eigenvalue weighted by Crippen LogP contribution is 2.32. The van der Waals surface area contributed by atoms with E-state index in [1.54, 1.807) is 6.92 Å². The number of allylic oxidation sites excluding steroid dienone is 2. The minimum absolute atomic E-state index is 0.00185. The minimum atomic E-state index is -0.449. The number of aromatic amines is 2. The van der Waals surface area contributed by atoms with Crippen LogP contribution in [0.4, 0.5) is 4.79 Å². The second-order valence-corrected chi connectivity index (χ2v) is 8.47. The predicted octanol–water partition coefficient (Wildman–Crippen LogP) is 2.80. The van der Waals surface area contributed by atoms with Gasteiger partial charge in [-0.05, 0) is 30.3 Å². The summed E-state index contributed by atoms with van der Waals surface area (Å²) < 4.78 is 0. The summed E-state index contributed by atoms with van der Waals surface area (Å²) in [5.41, 5.74) is 2.95. The van der Waals surface area contributed by atoms with Crippen LogP contribution in [0.3, 0.4) is 0 Å². The van der Waals surface area contributed by atoms with E-state index in [1.807, 2.05) is 27.7 Å². The maximum Gasteiger partial charge on any atom is 0.325 e. The molecule has 0 saturated carbocycles. The Morgan fingerprint density at radius 3 is 1.73 bits per heavy atom. The molecular formula is C19H30N4O3. The van der Waals surface area contributed by atoms with Crippen LogP contribution in [0.25, 0.3) is 0 Å². The molecule has 144 valence electrons. The zero-order valence-electron chi connectivity index (χ0n) is 16.9. The summed E-state index contributed by atoms with van der Waals surface area (Å²) in [5.74, 6) is 0. The number of hydrogen-bond donors (Lipinski definition) is 4. The standard InChI is InChI=1S/C10H16N2O.C9H14N2O2/c1-6-8(10(3,4)5)7(2)12-9(13)11-6;1-5-6(9(2,3)4)7(12)11-8(13)10-5/h1H2,2-5H3,(H2,11,12,13);1-4H3,(H2,10,11,12,13). The molecule has 26 heavy (non-hydrogen) atoms. The average Bonchev–Trinajstić information content (AvgIpc) is 2.32. The highest BCUT2D eigenvalue weighted by Gasteiger charge is 2.27. The molecule has 2 heterocycles. The predicted molar refractivity (Wildman–Crippen MR) is 104 cm³/mol. The molecule has 0 saturated heterocycles. The first-order valence-electron chi connectivity index (χ1n) is 8.47. The Hall–Kier alpha value is -2.57. The molecule has 0 aliphatic carbocycles. The van der Waals surface area contributed by atoms with E-state index in [9.17, 15) is 14.4 Å². The minimum Gasteiger partial charge on any atom is -0.311 e. The van der Waals surface area contributed by atoms with E-state index in [1.165, 1.54) is 0 Å². The van der Waals surface area contributed by atoms with Gasteiger partial charge in [0.05, 0.1) is 0 Å². The third-order valence-electron chi connectivity index (χ3n) is 3.87. The molecule has 0 spiro atoms. The molecule has 0 unspecified atom stereocenters. The molecule has 0 fully saturated rings. The molecule has 0 bridgehead atoms. The van der Waals surface area contributed by atoms with Crippen molar-refractivity contribution in [3.63, 3.8) is 0 Å². The van der Waals surface area contributed by atoms with Gasteiger partial charge in [-0.15, -0.1) is 0 Å². The summed E-state index contributed by atoms with van der Waals surface area (Å²) in [5, 5.41) is 5.40. The fraction of sp³-hybridized carbons (Fsp3) is 0.526. The number of H-pyrrole nitrogens is 2. The topological polar surface area (TPSA) is 107 Å². The van der Waals surface area contributed by atoms with Gasteiger partial charge in [0.1, 0.15) is 0 Å². The lowest BCUT2D eigenvalue weighted by molar-refractivity contribution is 0.243. The second-order valence-electron chi connectivity index (χ2n) is 8.47. The van der Waals surface area contributed by atoms with Crippen LogP contribution in [-0.4, -0.2) is 16.0 Å². The van der Waals surface area contributed by atoms with Gasteiger partial charge in [0.15, 0.2) is 0 Å². The molecular weight excluding hydrogens is 332 g/mol. The van der Waals surface area contributed by atoms with Crippen molar-refractivity contribution in [3.05, 3.63) is 55.6 Å². The van der Waals surface area contributed by atoms with Crippen molar-refractivity contribution < 1.29 is 4.79 Å². The lowest BCUT2D eigenvalue weighted by Gasteiger charge is -2.31. The van der Waals surface area contributed by atoms with E-state index in [-0.39, 0.29) is 22.4 Å². The number of urea groups is 1. The van der Waals surface area contributed by atoms with Gasteiger partial charge in [0.25, 0.3) is 5.56 Å². The summed E-state index contributed by atoms with van der Waals surface area (Å²) in [6, 6.07) is -0.199. The van der Waals surface area contributed by atoms with Crippen molar-refractivity contribution in [2.24, 2.45) is 5.41 Å². The summed E-state index contributed by atoms with van der Waals surface area (Å²) in [6.07, 6.45) is 0. The third-order valence-corrected chi connectivity index (χ3v) is 3.87. The smallest absolute Gasteiger partial charge is 0.311 e. The Kier molecular flexibility index (Phi) is 6.07. The number of carbonyl (C=O) groups is 1. The van der Waals surface area contributed by atoms with Crippen LogP contribution < -0.4 is 21.9 Å². The highest BCUT2D eigenvalue weighted by atomic mass is 16.2. The van der Waals surface area contributed by atoms with Gasteiger partial charge in [-0.1, -0.05) is 48.1 Å². The van der Waals surface area contributed by atoms with Crippen molar-refractivity contribution in [1.82, 2.24) is 20.6 Å². The number of hydrogen-bond acceptors (Lipinski definition) is 3. The van der Waals surface area contributed by atoms with Gasteiger partial charge in [-0.25, -0.2) is 9.59 Å². The summed E-state index contributed by atoms with van der Waals surface area (Å²) in [7, 11) is 0. The number of carbonyl (C=O) groups excluding carboxylic acids is 1. The van der Waals surface area contributed by atoms with Gasteiger partial charge in [0, 0.05) is 22.7 Å². The molecule has 7 heteroatoms. The van der Waals surface area contributed by atoms with Crippen molar-refractivity contribution in [2.75, 3.05) is 0 Å². The number of nitrogens with one attached hydrogen (secondary N) is 4. The highest BCUT2D eigenvalue weighted by molar-refractivity contribution is 5.81. The lowest BCUT2D eigenvalue weighted by Crippen LogP contribution is -2.41. The van der Waals surface area contributed by atoms with Crippen molar-refractivity contribution in [3.8, 4) is 0 Å². The van der Waals surface area contributed by atoms with Gasteiger partial charge in [-0.2, -0.15) is 0 Å². The van der Waals surface area contributed by atoms with Crippen molar-refractivity contribution >= 4 is 6.03 Å². The average molecular weight is 362 g/mol. The normalized spacial score (nSPS) is 15.1. The molecule has 1 aromatic rings. The van der Waals surface area contributed by atoms with E-state index in [0.29, 0.717) is 17.0 Å². The number of aromatic nitrogens is 2. The SMILES string of the molecule is C=C1NC(=O)NC(C)=C1C(C)(C)C.Cc1[nH]c(=O)[nH]c(=O)c1C(C)(C)C. The van der Waals surface area contributed by atoms with Crippen LogP contribution in [-0.2, 0) is 5.41 Å². The summed E-state index contributed by atoms with van der Waals surface area (Å²) in [6.45, 7) is 19.5. The fourth-order valence-corrected chi connectivity index (χ4v) is 3.21. The molecule has 2 amide bonds. The van der Waals surface area contributed by atoms with Crippen LogP contribution >= 0.6 is 0 Å². The Morgan fingerprint density at radius 1 is 0.808 bits per heavy atom. The molecule has 0 atom stereocenters. The first-order valence-corrected chi connectivity index (χ1v) is 8.47. The Labute approximate surface area is 154 Å². The van der Waals surface area contributed by atoms with Crippen LogP contribution in [0.1, 0.15) is 59.7 Å². The zero-order chi connectivity index (χ0) is 20.4. The molecule has 0 aromatic carbocycles. The number of amides is 2. The molecule has 2 rings (SSSR count). The molecule has 1 aliphatic rings. The lowest BCUT2D eigenvalue weighted by atomic mass is 9.83. The largest absolute Gasteiger partial charge is 0.325 e. The summed E-state index contributed by atoms with van der Waals surface area (Å²) in [4.78, 5) is 38.1. The monoisotopic (exact) mass is 362 g/mol. The van der Waals surface area contributed by atoms with E-state index in [4.69, 9.17) is 0 Å². The van der Waals surface area contributed by atoms with E-state index >= 15 is 0 Å². The van der Waals surface area contributed by atoms with E-state index < -0.39 is 5.69 Å². The molecule has 1 aliphatic heterocycles. The first-order chi connectivity index (χ1) is 11.6. The quantitative estimate of drug-likeness (QED) is 0.570. The second kappa shape index (κ2) is 7.35. The first kappa shape index (κ1) is 21.5. The summed E-state index contributed by atoms with van der Waals surface area (Å²) >= 11 is 0. The number of rotatable bonds is 0. The Morgan fingerprint density at radius 2 is 1.35 bits per heavy atom. The Bertz CT molecular complexity index is 858. The van der Waals surface area contributed by atoms with Gasteiger partial charge in [-0.3, -0.25) is 9.78 Å². The molecule has 1 aromatic heterocycles. The van der Waals surface area contributed by atoms with Gasteiger partial charge in [0.2, 0.25) is 0 Å². The van der Waals surface area contributed by atoms with E-state index in [2.05, 4.69) is 48.0 Å². The van der Waals surface area contributed by atoms with Crippen LogP contribution in [0.5, 0.6) is 0 Å².